The Morgan fingerprint density at radius 1 is 1.10 bits per heavy atom. The lowest BCUT2D eigenvalue weighted by Gasteiger charge is -2.31. The predicted molar refractivity (Wildman–Crippen MR) is 105 cm³/mol. The third-order valence-corrected chi connectivity index (χ3v) is 4.41. The SMILES string of the molecule is C[C@@H](NC(=O)OC(C)(C)C)C(=O)Nc1cc(C(F)(F)F)ccc1N1CCCCC1. The molecule has 6 nitrogen and oxygen atoms in total. The van der Waals surface area contributed by atoms with Crippen molar-refractivity contribution in [3.8, 4) is 0 Å². The van der Waals surface area contributed by atoms with Crippen molar-refractivity contribution in [2.75, 3.05) is 23.3 Å². The maximum Gasteiger partial charge on any atom is 0.416 e. The van der Waals surface area contributed by atoms with Gasteiger partial charge < -0.3 is 20.3 Å². The molecule has 0 radical (unpaired) electrons. The van der Waals surface area contributed by atoms with Gasteiger partial charge in [-0.25, -0.2) is 4.79 Å². The third kappa shape index (κ3) is 6.83. The summed E-state index contributed by atoms with van der Waals surface area (Å²) < 4.78 is 44.6. The van der Waals surface area contributed by atoms with Gasteiger partial charge in [0, 0.05) is 13.1 Å². The van der Waals surface area contributed by atoms with Crippen LogP contribution in [0.3, 0.4) is 0 Å². The topological polar surface area (TPSA) is 70.7 Å². The summed E-state index contributed by atoms with van der Waals surface area (Å²) in [4.78, 5) is 26.3. The molecule has 0 aliphatic carbocycles. The van der Waals surface area contributed by atoms with Gasteiger partial charge in [-0.1, -0.05) is 0 Å². The number of nitrogens with one attached hydrogen (secondary N) is 2. The summed E-state index contributed by atoms with van der Waals surface area (Å²) >= 11 is 0. The molecule has 2 rings (SSSR count). The Balaban J connectivity index is 2.19. The van der Waals surface area contributed by atoms with Crippen molar-refractivity contribution in [3.05, 3.63) is 23.8 Å². The van der Waals surface area contributed by atoms with Crippen molar-refractivity contribution >= 4 is 23.4 Å². The van der Waals surface area contributed by atoms with E-state index >= 15 is 0 Å². The lowest BCUT2D eigenvalue weighted by atomic mass is 10.1. The number of benzene rings is 1. The van der Waals surface area contributed by atoms with Gasteiger partial charge >= 0.3 is 12.3 Å². The monoisotopic (exact) mass is 415 g/mol. The van der Waals surface area contributed by atoms with Gasteiger partial charge in [0.05, 0.1) is 16.9 Å². The van der Waals surface area contributed by atoms with Crippen LogP contribution in [0.25, 0.3) is 0 Å². The van der Waals surface area contributed by atoms with Crippen LogP contribution in [-0.2, 0) is 15.7 Å². The number of hydrogen-bond acceptors (Lipinski definition) is 4. The van der Waals surface area contributed by atoms with E-state index in [0.29, 0.717) is 18.8 Å². The van der Waals surface area contributed by atoms with Crippen LogP contribution in [-0.4, -0.2) is 36.7 Å². The van der Waals surface area contributed by atoms with E-state index in [-0.39, 0.29) is 5.69 Å². The van der Waals surface area contributed by atoms with Gasteiger partial charge in [-0.15, -0.1) is 0 Å². The van der Waals surface area contributed by atoms with E-state index in [1.807, 2.05) is 4.90 Å². The number of rotatable bonds is 4. The number of halogens is 3. The molecule has 1 aromatic rings. The van der Waals surface area contributed by atoms with Crippen molar-refractivity contribution in [1.82, 2.24) is 5.32 Å². The lowest BCUT2D eigenvalue weighted by molar-refractivity contribution is -0.137. The first-order chi connectivity index (χ1) is 13.4. The van der Waals surface area contributed by atoms with Gasteiger partial charge in [-0.05, 0) is 65.2 Å². The predicted octanol–water partition coefficient (Wildman–Crippen LogP) is 4.55. The Hall–Kier alpha value is -2.45. The minimum atomic E-state index is -4.53. The number of amides is 2. The maximum atomic E-state index is 13.2. The zero-order valence-corrected chi connectivity index (χ0v) is 17.2. The molecule has 0 aromatic heterocycles. The van der Waals surface area contributed by atoms with Gasteiger partial charge in [0.25, 0.3) is 0 Å². The second-order valence-electron chi connectivity index (χ2n) is 8.13. The van der Waals surface area contributed by atoms with Crippen molar-refractivity contribution in [1.29, 1.82) is 0 Å². The lowest BCUT2D eigenvalue weighted by Crippen LogP contribution is -2.44. The van der Waals surface area contributed by atoms with Crippen LogP contribution in [0.5, 0.6) is 0 Å². The van der Waals surface area contributed by atoms with Crippen LogP contribution in [0, 0.1) is 0 Å². The average molecular weight is 415 g/mol. The van der Waals surface area contributed by atoms with E-state index in [1.54, 1.807) is 20.8 Å². The molecule has 29 heavy (non-hydrogen) atoms. The summed E-state index contributed by atoms with van der Waals surface area (Å²) in [5.74, 6) is -0.631. The first-order valence-electron chi connectivity index (χ1n) is 9.63. The van der Waals surface area contributed by atoms with Crippen LogP contribution in [0.1, 0.15) is 52.5 Å². The van der Waals surface area contributed by atoms with E-state index in [2.05, 4.69) is 10.6 Å². The molecule has 1 aliphatic rings. The highest BCUT2D eigenvalue weighted by Crippen LogP contribution is 2.36. The first kappa shape index (κ1) is 22.8. The Kier molecular flexibility index (Phi) is 7.02. The van der Waals surface area contributed by atoms with Gasteiger partial charge in [0.15, 0.2) is 0 Å². The summed E-state index contributed by atoms with van der Waals surface area (Å²) in [5.41, 5.74) is -0.968. The number of hydrogen-bond donors (Lipinski definition) is 2. The van der Waals surface area contributed by atoms with Gasteiger partial charge in [-0.2, -0.15) is 13.2 Å². The molecular weight excluding hydrogens is 387 g/mol. The minimum absolute atomic E-state index is 0.0737. The molecular formula is C20H28F3N3O3. The molecule has 1 saturated heterocycles. The Labute approximate surface area is 168 Å². The molecule has 1 atom stereocenters. The summed E-state index contributed by atoms with van der Waals surface area (Å²) in [6, 6.07) is 2.34. The highest BCUT2D eigenvalue weighted by atomic mass is 19.4. The van der Waals surface area contributed by atoms with E-state index in [1.165, 1.54) is 13.0 Å². The summed E-state index contributed by atoms with van der Waals surface area (Å²) in [6.07, 6.45) is -2.37. The summed E-state index contributed by atoms with van der Waals surface area (Å²) in [7, 11) is 0. The molecule has 1 fully saturated rings. The highest BCUT2D eigenvalue weighted by Gasteiger charge is 2.32. The van der Waals surface area contributed by atoms with Crippen LogP contribution < -0.4 is 15.5 Å². The van der Waals surface area contributed by atoms with Crippen LogP contribution >= 0.6 is 0 Å². The molecule has 0 spiro atoms. The molecule has 9 heteroatoms. The van der Waals surface area contributed by atoms with Crippen LogP contribution in [0.2, 0.25) is 0 Å². The fraction of sp³-hybridized carbons (Fsp3) is 0.600. The van der Waals surface area contributed by atoms with Gasteiger partial charge in [-0.3, -0.25) is 4.79 Å². The van der Waals surface area contributed by atoms with Crippen molar-refractivity contribution in [2.24, 2.45) is 0 Å². The number of carbonyl (C=O) groups excluding carboxylic acids is 2. The van der Waals surface area contributed by atoms with Crippen molar-refractivity contribution in [2.45, 2.75) is 64.8 Å². The van der Waals surface area contributed by atoms with Crippen LogP contribution in [0.4, 0.5) is 29.3 Å². The molecule has 2 N–H and O–H groups in total. The molecule has 2 amide bonds. The molecule has 0 bridgehead atoms. The highest BCUT2D eigenvalue weighted by molar-refractivity contribution is 5.99. The maximum absolute atomic E-state index is 13.2. The molecule has 0 unspecified atom stereocenters. The molecule has 0 saturated carbocycles. The smallest absolute Gasteiger partial charge is 0.416 e. The molecule has 1 aromatic carbocycles. The van der Waals surface area contributed by atoms with E-state index in [9.17, 15) is 22.8 Å². The number of carbonyl (C=O) groups is 2. The Morgan fingerprint density at radius 3 is 2.28 bits per heavy atom. The van der Waals surface area contributed by atoms with Crippen molar-refractivity contribution in [3.63, 3.8) is 0 Å². The van der Waals surface area contributed by atoms with E-state index in [4.69, 9.17) is 4.74 Å². The van der Waals surface area contributed by atoms with Crippen LogP contribution in [0.15, 0.2) is 18.2 Å². The largest absolute Gasteiger partial charge is 0.444 e. The zero-order chi connectivity index (χ0) is 21.8. The summed E-state index contributed by atoms with van der Waals surface area (Å²) in [6.45, 7) is 7.91. The Bertz CT molecular complexity index is 739. The third-order valence-electron chi connectivity index (χ3n) is 4.41. The Morgan fingerprint density at radius 2 is 1.72 bits per heavy atom. The van der Waals surface area contributed by atoms with Crippen molar-refractivity contribution < 1.29 is 27.5 Å². The fourth-order valence-electron chi connectivity index (χ4n) is 3.01. The second kappa shape index (κ2) is 8.92. The zero-order valence-electron chi connectivity index (χ0n) is 17.2. The number of nitrogens with zero attached hydrogens (tertiary/aromatic N) is 1. The molecule has 1 heterocycles. The van der Waals surface area contributed by atoms with Gasteiger partial charge in [0.2, 0.25) is 5.91 Å². The normalized spacial score (nSPS) is 16.2. The number of anilines is 2. The average Bonchev–Trinajstić information content (AvgIpc) is 2.59. The minimum Gasteiger partial charge on any atom is -0.444 e. The number of alkyl halides is 3. The molecule has 1 aliphatic heterocycles. The van der Waals surface area contributed by atoms with Gasteiger partial charge in [0.1, 0.15) is 11.6 Å². The quantitative estimate of drug-likeness (QED) is 0.757. The number of alkyl carbamates (subject to hydrolysis) is 1. The van der Waals surface area contributed by atoms with E-state index < -0.39 is 35.4 Å². The first-order valence-corrected chi connectivity index (χ1v) is 9.63. The fourth-order valence-corrected chi connectivity index (χ4v) is 3.01. The number of ether oxygens (including phenoxy) is 1. The standard InChI is InChI=1S/C20H28F3N3O3/c1-13(24-18(28)29-19(2,3)4)17(27)25-15-12-14(20(21,22)23)8-9-16(15)26-10-6-5-7-11-26/h8-9,12-13H,5-7,10-11H2,1-4H3,(H,24,28)(H,25,27)/t13-/m1/s1. The molecule has 162 valence electrons. The summed E-state index contributed by atoms with van der Waals surface area (Å²) in [5, 5.41) is 4.93. The number of piperidine rings is 1. The van der Waals surface area contributed by atoms with E-state index in [0.717, 1.165) is 31.4 Å². The second-order valence-corrected chi connectivity index (χ2v) is 8.13.